The SMILES string of the molecule is CN1CCN(CCOc2ccc(-c3ccc4cc(-c5cn(C)c(=O)c6[nH]ccc56)ccc4n3)cc2)CCC1=O. The van der Waals surface area contributed by atoms with E-state index in [-0.39, 0.29) is 11.5 Å². The number of amides is 1. The monoisotopic (exact) mass is 521 g/mol. The third kappa shape index (κ3) is 5.03. The van der Waals surface area contributed by atoms with Gasteiger partial charge in [0.25, 0.3) is 5.56 Å². The lowest BCUT2D eigenvalue weighted by Crippen LogP contribution is -2.32. The summed E-state index contributed by atoms with van der Waals surface area (Å²) in [6.07, 6.45) is 4.26. The topological polar surface area (TPSA) is 83.5 Å². The molecule has 1 N–H and O–H groups in total. The Kier molecular flexibility index (Phi) is 6.62. The van der Waals surface area contributed by atoms with Crippen molar-refractivity contribution in [2.75, 3.05) is 39.8 Å². The van der Waals surface area contributed by atoms with Gasteiger partial charge in [0, 0.05) is 81.0 Å². The molecular weight excluding hydrogens is 490 g/mol. The van der Waals surface area contributed by atoms with Gasteiger partial charge >= 0.3 is 0 Å². The second kappa shape index (κ2) is 10.4. The Bertz CT molecular complexity index is 1720. The van der Waals surface area contributed by atoms with E-state index < -0.39 is 0 Å². The van der Waals surface area contributed by atoms with E-state index in [9.17, 15) is 9.59 Å². The minimum atomic E-state index is -0.0367. The van der Waals surface area contributed by atoms with E-state index in [1.807, 2.05) is 55.7 Å². The predicted molar refractivity (Wildman–Crippen MR) is 154 cm³/mol. The van der Waals surface area contributed by atoms with E-state index in [0.29, 0.717) is 18.5 Å². The quantitative estimate of drug-likeness (QED) is 0.360. The second-order valence-electron chi connectivity index (χ2n) is 10.1. The number of rotatable bonds is 6. The zero-order valence-corrected chi connectivity index (χ0v) is 22.2. The van der Waals surface area contributed by atoms with Crippen LogP contribution >= 0.6 is 0 Å². The normalized spacial score (nSPS) is 14.7. The highest BCUT2D eigenvalue weighted by Gasteiger charge is 2.17. The van der Waals surface area contributed by atoms with Gasteiger partial charge in [0.15, 0.2) is 0 Å². The number of carbonyl (C=O) groups is 1. The van der Waals surface area contributed by atoms with E-state index >= 15 is 0 Å². The molecule has 0 unspecified atom stereocenters. The van der Waals surface area contributed by atoms with Gasteiger partial charge in [-0.15, -0.1) is 0 Å². The molecule has 0 atom stereocenters. The van der Waals surface area contributed by atoms with E-state index in [0.717, 1.165) is 70.6 Å². The molecule has 1 saturated heterocycles. The average Bonchev–Trinajstić information content (AvgIpc) is 3.40. The molecular formula is C31H31N5O3. The number of aromatic nitrogens is 3. The van der Waals surface area contributed by atoms with Gasteiger partial charge in [-0.05, 0) is 54.1 Å². The lowest BCUT2D eigenvalue weighted by Gasteiger charge is -2.19. The summed E-state index contributed by atoms with van der Waals surface area (Å²) in [5.74, 6) is 1.03. The fraction of sp³-hybridized carbons (Fsp3) is 0.258. The third-order valence-electron chi connectivity index (χ3n) is 7.54. The van der Waals surface area contributed by atoms with E-state index in [2.05, 4.69) is 28.1 Å². The summed E-state index contributed by atoms with van der Waals surface area (Å²) < 4.78 is 7.59. The zero-order valence-electron chi connectivity index (χ0n) is 22.2. The Morgan fingerprint density at radius 3 is 2.59 bits per heavy atom. The molecule has 0 aliphatic carbocycles. The van der Waals surface area contributed by atoms with Gasteiger partial charge < -0.3 is 19.2 Å². The van der Waals surface area contributed by atoms with Crippen LogP contribution in [0.5, 0.6) is 5.75 Å². The Balaban J connectivity index is 1.15. The maximum atomic E-state index is 12.4. The van der Waals surface area contributed by atoms with Crippen molar-refractivity contribution in [1.82, 2.24) is 24.3 Å². The third-order valence-corrected chi connectivity index (χ3v) is 7.54. The number of carbonyl (C=O) groups excluding carboxylic acids is 1. The molecule has 1 aliphatic heterocycles. The highest BCUT2D eigenvalue weighted by atomic mass is 16.5. The van der Waals surface area contributed by atoms with Crippen LogP contribution < -0.4 is 10.3 Å². The van der Waals surface area contributed by atoms with Crippen LogP contribution in [-0.2, 0) is 11.8 Å². The van der Waals surface area contributed by atoms with Gasteiger partial charge in [-0.25, -0.2) is 4.98 Å². The van der Waals surface area contributed by atoms with Crippen molar-refractivity contribution in [1.29, 1.82) is 0 Å². The maximum absolute atomic E-state index is 12.4. The van der Waals surface area contributed by atoms with Crippen molar-refractivity contribution in [3.8, 4) is 28.1 Å². The highest BCUT2D eigenvalue weighted by Crippen LogP contribution is 2.30. The number of H-pyrrole nitrogens is 1. The minimum absolute atomic E-state index is 0.0367. The van der Waals surface area contributed by atoms with Crippen molar-refractivity contribution in [3.05, 3.63) is 83.4 Å². The van der Waals surface area contributed by atoms with Gasteiger partial charge in [-0.3, -0.25) is 14.5 Å². The lowest BCUT2D eigenvalue weighted by atomic mass is 10.0. The highest BCUT2D eigenvalue weighted by molar-refractivity contribution is 5.97. The minimum Gasteiger partial charge on any atom is -0.492 e. The first kappa shape index (κ1) is 24.9. The molecule has 0 saturated carbocycles. The van der Waals surface area contributed by atoms with Crippen molar-refractivity contribution in [2.45, 2.75) is 6.42 Å². The fourth-order valence-electron chi connectivity index (χ4n) is 5.16. The standard InChI is InChI=1S/C31H31N5O3/c1-34-15-16-36(14-12-29(34)37)17-18-39-24-7-3-21(4-8-24)27-10-6-23-19-22(5-9-28(23)33-27)26-20-35(2)31(38)30-25(26)11-13-32-30/h3-11,13,19-20,32H,12,14-18H2,1-2H3. The average molecular weight is 522 g/mol. The van der Waals surface area contributed by atoms with Crippen LogP contribution in [0, 0.1) is 0 Å². The molecule has 0 spiro atoms. The molecule has 3 aromatic heterocycles. The van der Waals surface area contributed by atoms with Crippen molar-refractivity contribution in [3.63, 3.8) is 0 Å². The number of aromatic amines is 1. The number of fused-ring (bicyclic) bond motifs is 2. The summed E-state index contributed by atoms with van der Waals surface area (Å²) in [5.41, 5.74) is 5.45. The largest absolute Gasteiger partial charge is 0.492 e. The fourth-order valence-corrected chi connectivity index (χ4v) is 5.16. The Labute approximate surface area is 226 Å². The summed E-state index contributed by atoms with van der Waals surface area (Å²) in [6, 6.07) is 20.3. The molecule has 1 fully saturated rings. The summed E-state index contributed by atoms with van der Waals surface area (Å²) in [4.78, 5) is 36.3. The molecule has 5 aromatic rings. The molecule has 198 valence electrons. The number of pyridine rings is 2. The number of nitrogens with zero attached hydrogens (tertiary/aromatic N) is 4. The Hall–Kier alpha value is -4.43. The van der Waals surface area contributed by atoms with Crippen molar-refractivity contribution in [2.24, 2.45) is 7.05 Å². The van der Waals surface area contributed by atoms with Crippen molar-refractivity contribution < 1.29 is 9.53 Å². The van der Waals surface area contributed by atoms with Crippen LogP contribution in [0.1, 0.15) is 6.42 Å². The number of hydrogen-bond donors (Lipinski definition) is 1. The molecule has 8 nitrogen and oxygen atoms in total. The van der Waals surface area contributed by atoms with Gasteiger partial charge in [0.2, 0.25) is 5.91 Å². The molecule has 1 amide bonds. The van der Waals surface area contributed by atoms with Gasteiger partial charge in [-0.2, -0.15) is 0 Å². The molecule has 39 heavy (non-hydrogen) atoms. The molecule has 0 bridgehead atoms. The number of benzene rings is 2. The van der Waals surface area contributed by atoms with Crippen LogP contribution in [-0.4, -0.2) is 70.1 Å². The summed E-state index contributed by atoms with van der Waals surface area (Å²) >= 11 is 0. The van der Waals surface area contributed by atoms with Crippen LogP contribution in [0.2, 0.25) is 0 Å². The van der Waals surface area contributed by atoms with E-state index in [4.69, 9.17) is 9.72 Å². The van der Waals surface area contributed by atoms with Gasteiger partial charge in [0.05, 0.1) is 11.2 Å². The molecule has 4 heterocycles. The van der Waals surface area contributed by atoms with Crippen LogP contribution in [0.3, 0.4) is 0 Å². The summed E-state index contributed by atoms with van der Waals surface area (Å²) in [5, 5.41) is 1.95. The Morgan fingerprint density at radius 2 is 1.74 bits per heavy atom. The van der Waals surface area contributed by atoms with Crippen LogP contribution in [0.25, 0.3) is 44.2 Å². The summed E-state index contributed by atoms with van der Waals surface area (Å²) in [6.45, 7) is 3.80. The van der Waals surface area contributed by atoms with E-state index in [1.54, 1.807) is 22.7 Å². The Morgan fingerprint density at radius 1 is 0.923 bits per heavy atom. The molecule has 0 radical (unpaired) electrons. The van der Waals surface area contributed by atoms with Gasteiger partial charge in [0.1, 0.15) is 17.9 Å². The molecule has 2 aromatic carbocycles. The van der Waals surface area contributed by atoms with Crippen molar-refractivity contribution >= 4 is 27.7 Å². The maximum Gasteiger partial charge on any atom is 0.274 e. The first-order valence-corrected chi connectivity index (χ1v) is 13.2. The van der Waals surface area contributed by atoms with Crippen LogP contribution in [0.15, 0.2) is 77.9 Å². The molecule has 8 heteroatoms. The number of aryl methyl sites for hydroxylation is 1. The number of ether oxygens (including phenoxy) is 1. The number of nitrogens with one attached hydrogen (secondary N) is 1. The first-order valence-electron chi connectivity index (χ1n) is 13.2. The molecule has 6 rings (SSSR count). The zero-order chi connectivity index (χ0) is 26.9. The second-order valence-corrected chi connectivity index (χ2v) is 10.1. The molecule has 1 aliphatic rings. The number of likely N-dealkylation sites (N-methyl/N-ethyl adjacent to an activating group) is 1. The predicted octanol–water partition coefficient (Wildman–Crippen LogP) is 4.29. The van der Waals surface area contributed by atoms with Crippen LogP contribution in [0.4, 0.5) is 0 Å². The first-order chi connectivity index (χ1) is 19.0. The summed E-state index contributed by atoms with van der Waals surface area (Å²) in [7, 11) is 3.64. The smallest absolute Gasteiger partial charge is 0.274 e. The number of hydrogen-bond acceptors (Lipinski definition) is 5. The lowest BCUT2D eigenvalue weighted by molar-refractivity contribution is -0.129. The van der Waals surface area contributed by atoms with E-state index in [1.165, 1.54) is 0 Å². The van der Waals surface area contributed by atoms with Gasteiger partial charge in [-0.1, -0.05) is 12.1 Å².